The van der Waals surface area contributed by atoms with Crippen molar-refractivity contribution in [3.63, 3.8) is 0 Å². The van der Waals surface area contributed by atoms with Crippen molar-refractivity contribution < 1.29 is 4.21 Å². The molecule has 0 saturated carbocycles. The number of hydrogen-bond donors (Lipinski definition) is 0. The maximum atomic E-state index is 11.8. The molecular formula is C11H11Cl2NOS. The standard InChI is InChI=1S/C11H11Cl2NOS/c12-10-5-4-9(8-11(10)13)16(15)7-3-1-2-6-14/h4-5,8H,1-3,7H2. The molecule has 0 saturated heterocycles. The van der Waals surface area contributed by atoms with Crippen LogP contribution in [0.15, 0.2) is 23.1 Å². The van der Waals surface area contributed by atoms with Gasteiger partial charge in [-0.2, -0.15) is 5.26 Å². The highest BCUT2D eigenvalue weighted by Crippen LogP contribution is 2.24. The van der Waals surface area contributed by atoms with E-state index in [-0.39, 0.29) is 0 Å². The second-order valence-corrected chi connectivity index (χ2v) is 5.63. The first-order valence-corrected chi connectivity index (χ1v) is 6.93. The molecule has 1 rings (SSSR count). The highest BCUT2D eigenvalue weighted by molar-refractivity contribution is 7.85. The largest absolute Gasteiger partial charge is 0.254 e. The van der Waals surface area contributed by atoms with Crippen molar-refractivity contribution in [3.05, 3.63) is 28.2 Å². The summed E-state index contributed by atoms with van der Waals surface area (Å²) in [6.07, 6.45) is 2.07. The minimum absolute atomic E-state index is 0.421. The fourth-order valence-corrected chi connectivity index (χ4v) is 2.71. The van der Waals surface area contributed by atoms with Crippen LogP contribution in [0.3, 0.4) is 0 Å². The van der Waals surface area contributed by atoms with Crippen LogP contribution in [-0.4, -0.2) is 9.96 Å². The predicted molar refractivity (Wildman–Crippen MR) is 67.2 cm³/mol. The fraction of sp³-hybridized carbons (Fsp3) is 0.364. The minimum Gasteiger partial charge on any atom is -0.254 e. The lowest BCUT2D eigenvalue weighted by Gasteiger charge is -2.03. The Hall–Kier alpha value is -0.560. The van der Waals surface area contributed by atoms with Gasteiger partial charge in [0.05, 0.1) is 26.9 Å². The van der Waals surface area contributed by atoms with Gasteiger partial charge in [-0.3, -0.25) is 4.21 Å². The van der Waals surface area contributed by atoms with Crippen LogP contribution in [0, 0.1) is 11.3 Å². The van der Waals surface area contributed by atoms with E-state index in [4.69, 9.17) is 28.5 Å². The SMILES string of the molecule is N#CCCCCS(=O)c1ccc(Cl)c(Cl)c1. The molecule has 0 heterocycles. The molecule has 0 aliphatic rings. The maximum absolute atomic E-state index is 11.8. The first kappa shape index (κ1) is 13.5. The summed E-state index contributed by atoms with van der Waals surface area (Å²) in [4.78, 5) is 0.686. The Morgan fingerprint density at radius 2 is 2.00 bits per heavy atom. The molecule has 0 amide bonds. The molecule has 1 aromatic rings. The summed E-state index contributed by atoms with van der Waals surface area (Å²) in [6, 6.07) is 7.05. The van der Waals surface area contributed by atoms with Gasteiger partial charge in [0.25, 0.3) is 0 Å². The van der Waals surface area contributed by atoms with E-state index in [1.165, 1.54) is 0 Å². The summed E-state index contributed by atoms with van der Waals surface area (Å²) >= 11 is 11.6. The molecule has 0 aromatic heterocycles. The Labute approximate surface area is 108 Å². The van der Waals surface area contributed by atoms with Crippen molar-refractivity contribution in [2.24, 2.45) is 0 Å². The molecule has 2 nitrogen and oxygen atoms in total. The van der Waals surface area contributed by atoms with E-state index >= 15 is 0 Å². The van der Waals surface area contributed by atoms with Gasteiger partial charge in [-0.05, 0) is 31.0 Å². The Morgan fingerprint density at radius 3 is 2.62 bits per heavy atom. The van der Waals surface area contributed by atoms with E-state index in [1.807, 2.05) is 0 Å². The molecule has 1 unspecified atom stereocenters. The summed E-state index contributed by atoms with van der Waals surface area (Å²) in [7, 11) is -1.06. The molecule has 86 valence electrons. The van der Waals surface area contributed by atoms with Crippen molar-refractivity contribution in [2.75, 3.05) is 5.75 Å². The zero-order valence-corrected chi connectivity index (χ0v) is 10.9. The van der Waals surface area contributed by atoms with Gasteiger partial charge in [0, 0.05) is 17.1 Å². The normalized spacial score (nSPS) is 12.1. The van der Waals surface area contributed by atoms with Gasteiger partial charge >= 0.3 is 0 Å². The number of halogens is 2. The molecule has 5 heteroatoms. The molecule has 16 heavy (non-hydrogen) atoms. The van der Waals surface area contributed by atoms with E-state index in [9.17, 15) is 4.21 Å². The van der Waals surface area contributed by atoms with Gasteiger partial charge in [0.1, 0.15) is 0 Å². The van der Waals surface area contributed by atoms with Crippen molar-refractivity contribution in [3.8, 4) is 6.07 Å². The lowest BCUT2D eigenvalue weighted by Crippen LogP contribution is -1.98. The molecule has 0 bridgehead atoms. The lowest BCUT2D eigenvalue weighted by molar-refractivity contribution is 0.678. The van der Waals surface area contributed by atoms with Gasteiger partial charge in [-0.1, -0.05) is 23.2 Å². The van der Waals surface area contributed by atoms with Crippen molar-refractivity contribution in [1.82, 2.24) is 0 Å². The second-order valence-electron chi connectivity index (χ2n) is 3.24. The summed E-state index contributed by atoms with van der Waals surface area (Å²) in [6.45, 7) is 0. The fourth-order valence-electron chi connectivity index (χ4n) is 1.17. The average molecular weight is 276 g/mol. The molecule has 0 radical (unpaired) electrons. The smallest absolute Gasteiger partial charge is 0.0621 e. The predicted octanol–water partition coefficient (Wildman–Crippen LogP) is 3.79. The first-order chi connectivity index (χ1) is 7.65. The monoisotopic (exact) mass is 275 g/mol. The zero-order valence-electron chi connectivity index (χ0n) is 8.58. The van der Waals surface area contributed by atoms with Crippen LogP contribution < -0.4 is 0 Å². The van der Waals surface area contributed by atoms with E-state index in [0.29, 0.717) is 27.1 Å². The van der Waals surface area contributed by atoms with Crippen molar-refractivity contribution >= 4 is 34.0 Å². The zero-order chi connectivity index (χ0) is 12.0. The summed E-state index contributed by atoms with van der Waals surface area (Å²) in [5.74, 6) is 0.555. The summed E-state index contributed by atoms with van der Waals surface area (Å²) in [5, 5.41) is 9.24. The van der Waals surface area contributed by atoms with Crippen LogP contribution in [0.1, 0.15) is 19.3 Å². The summed E-state index contributed by atoms with van der Waals surface area (Å²) in [5.41, 5.74) is 0. The molecule has 0 aliphatic heterocycles. The maximum Gasteiger partial charge on any atom is 0.0621 e. The van der Waals surface area contributed by atoms with Gasteiger partial charge < -0.3 is 0 Å². The quantitative estimate of drug-likeness (QED) is 0.767. The van der Waals surface area contributed by atoms with Crippen LogP contribution in [0.4, 0.5) is 0 Å². The molecule has 0 fully saturated rings. The Kier molecular flexibility index (Phi) is 5.83. The number of benzene rings is 1. The third kappa shape index (κ3) is 4.13. The number of nitriles is 1. The first-order valence-electron chi connectivity index (χ1n) is 4.85. The molecule has 1 aromatic carbocycles. The van der Waals surface area contributed by atoms with Crippen LogP contribution >= 0.6 is 23.2 Å². The highest BCUT2D eigenvalue weighted by Gasteiger charge is 2.06. The highest BCUT2D eigenvalue weighted by atomic mass is 35.5. The van der Waals surface area contributed by atoms with Gasteiger partial charge in [0.15, 0.2) is 0 Å². The van der Waals surface area contributed by atoms with E-state index in [2.05, 4.69) is 6.07 Å². The molecular weight excluding hydrogens is 265 g/mol. The molecule has 0 spiro atoms. The average Bonchev–Trinajstić information content (AvgIpc) is 2.28. The van der Waals surface area contributed by atoms with Crippen LogP contribution in [0.5, 0.6) is 0 Å². The lowest BCUT2D eigenvalue weighted by atomic mass is 10.3. The van der Waals surface area contributed by atoms with Crippen LogP contribution in [0.25, 0.3) is 0 Å². The van der Waals surface area contributed by atoms with E-state index in [1.54, 1.807) is 18.2 Å². The second kappa shape index (κ2) is 6.90. The minimum atomic E-state index is -1.06. The van der Waals surface area contributed by atoms with Crippen molar-refractivity contribution in [2.45, 2.75) is 24.2 Å². The van der Waals surface area contributed by atoms with Gasteiger partial charge in [-0.25, -0.2) is 0 Å². The number of rotatable bonds is 5. The topological polar surface area (TPSA) is 40.9 Å². The van der Waals surface area contributed by atoms with Crippen LogP contribution in [0.2, 0.25) is 10.0 Å². The third-order valence-corrected chi connectivity index (χ3v) is 4.20. The number of hydrogen-bond acceptors (Lipinski definition) is 2. The molecule has 0 N–H and O–H groups in total. The van der Waals surface area contributed by atoms with Crippen molar-refractivity contribution in [1.29, 1.82) is 5.26 Å². The van der Waals surface area contributed by atoms with Gasteiger partial charge in [0.2, 0.25) is 0 Å². The van der Waals surface area contributed by atoms with Crippen LogP contribution in [-0.2, 0) is 10.8 Å². The van der Waals surface area contributed by atoms with E-state index in [0.717, 1.165) is 12.8 Å². The Morgan fingerprint density at radius 1 is 1.25 bits per heavy atom. The molecule has 1 atom stereocenters. The third-order valence-electron chi connectivity index (χ3n) is 2.02. The van der Waals surface area contributed by atoms with E-state index < -0.39 is 10.8 Å². The number of nitrogens with zero attached hydrogens (tertiary/aromatic N) is 1. The Bertz CT molecular complexity index is 428. The summed E-state index contributed by atoms with van der Waals surface area (Å²) < 4.78 is 11.8. The molecule has 0 aliphatic carbocycles. The Balaban J connectivity index is 2.53. The number of unbranched alkanes of at least 4 members (excludes halogenated alkanes) is 2. The van der Waals surface area contributed by atoms with Gasteiger partial charge in [-0.15, -0.1) is 0 Å².